The number of hydrogen-bond donors (Lipinski definition) is 3. The van der Waals surface area contributed by atoms with E-state index in [1.54, 1.807) is 49.1 Å². The van der Waals surface area contributed by atoms with Gasteiger partial charge in [-0.15, -0.1) is 0 Å². The maximum Gasteiger partial charge on any atom is 0.245 e. The smallest absolute Gasteiger partial charge is 0.245 e. The molecule has 3 N–H and O–H groups in total. The first-order chi connectivity index (χ1) is 17.5. The average molecular weight is 551 g/mol. The zero-order valence-electron chi connectivity index (χ0n) is 21.2. The molecule has 0 spiro atoms. The first-order valence-corrected chi connectivity index (χ1v) is 14.6. The number of carbonyl (C=O) groups excluding carboxylic acids is 2. The van der Waals surface area contributed by atoms with Gasteiger partial charge in [0.1, 0.15) is 12.1 Å². The molecule has 2 aliphatic rings. The van der Waals surface area contributed by atoms with Crippen molar-refractivity contribution in [1.29, 1.82) is 0 Å². The molecule has 2 aromatic carbocycles. The highest BCUT2D eigenvalue weighted by atomic mass is 35.5. The number of aliphatic hydroxyl groups is 1. The molecule has 0 aromatic heterocycles. The van der Waals surface area contributed by atoms with E-state index in [0.29, 0.717) is 44.0 Å². The third kappa shape index (κ3) is 6.61. The molecule has 2 aliphatic heterocycles. The van der Waals surface area contributed by atoms with E-state index >= 15 is 0 Å². The van der Waals surface area contributed by atoms with Gasteiger partial charge in [0.2, 0.25) is 21.8 Å². The lowest BCUT2D eigenvalue weighted by Gasteiger charge is -2.36. The molecular formula is C26H35ClN4O5S. The van der Waals surface area contributed by atoms with E-state index in [-0.39, 0.29) is 28.9 Å². The summed E-state index contributed by atoms with van der Waals surface area (Å²) in [4.78, 5) is 29.7. The Labute approximate surface area is 223 Å². The number of piperidine rings is 1. The monoisotopic (exact) mass is 550 g/mol. The number of nitrogens with zero attached hydrogens (tertiary/aromatic N) is 2. The predicted octanol–water partition coefficient (Wildman–Crippen LogP) is 2.11. The minimum Gasteiger partial charge on any atom is -0.393 e. The predicted molar refractivity (Wildman–Crippen MR) is 143 cm³/mol. The number of sulfonamides is 1. The Morgan fingerprint density at radius 1 is 1.14 bits per heavy atom. The Bertz CT molecular complexity index is 1250. The van der Waals surface area contributed by atoms with Gasteiger partial charge in [-0.25, -0.2) is 8.42 Å². The lowest BCUT2D eigenvalue weighted by atomic mass is 10.0. The molecule has 4 unspecified atom stereocenters. The minimum atomic E-state index is -3.94. The number of amides is 2. The summed E-state index contributed by atoms with van der Waals surface area (Å²) < 4.78 is 28.7. The van der Waals surface area contributed by atoms with Crippen LogP contribution in [0.4, 0.5) is 0 Å². The highest BCUT2D eigenvalue weighted by Gasteiger charge is 2.40. The summed E-state index contributed by atoms with van der Waals surface area (Å²) in [7, 11) is -3.94. The molecule has 2 fully saturated rings. The van der Waals surface area contributed by atoms with Crippen LogP contribution in [0.25, 0.3) is 10.8 Å². The number of halogens is 1. The minimum absolute atomic E-state index is 0.0696. The van der Waals surface area contributed by atoms with Crippen LogP contribution in [0.1, 0.15) is 39.5 Å². The van der Waals surface area contributed by atoms with Crippen molar-refractivity contribution in [3.05, 3.63) is 41.4 Å². The molecule has 4 atom stereocenters. The van der Waals surface area contributed by atoms with Crippen LogP contribution in [0.3, 0.4) is 0 Å². The first kappa shape index (κ1) is 27.8. The fourth-order valence-corrected chi connectivity index (χ4v) is 6.49. The summed E-state index contributed by atoms with van der Waals surface area (Å²) in [6, 6.07) is 8.49. The largest absolute Gasteiger partial charge is 0.393 e. The Morgan fingerprint density at radius 3 is 2.62 bits per heavy atom. The van der Waals surface area contributed by atoms with Gasteiger partial charge in [0.05, 0.1) is 11.0 Å². The molecule has 11 heteroatoms. The molecule has 0 bridgehead atoms. The van der Waals surface area contributed by atoms with Gasteiger partial charge in [-0.3, -0.25) is 9.59 Å². The van der Waals surface area contributed by atoms with Crippen molar-refractivity contribution < 1.29 is 23.1 Å². The van der Waals surface area contributed by atoms with Gasteiger partial charge in [0.25, 0.3) is 0 Å². The second-order valence-corrected chi connectivity index (χ2v) is 12.2. The molecule has 4 rings (SSSR count). The Kier molecular flexibility index (Phi) is 8.75. The summed E-state index contributed by atoms with van der Waals surface area (Å²) in [5, 5.41) is 15.0. The van der Waals surface area contributed by atoms with Gasteiger partial charge in [-0.2, -0.15) is 4.72 Å². The maximum atomic E-state index is 13.2. The summed E-state index contributed by atoms with van der Waals surface area (Å²) >= 11 is 6.02. The van der Waals surface area contributed by atoms with Crippen LogP contribution >= 0.6 is 11.6 Å². The molecule has 0 aliphatic carbocycles. The van der Waals surface area contributed by atoms with Gasteiger partial charge in [-0.1, -0.05) is 23.7 Å². The number of likely N-dealkylation sites (tertiary alicyclic amines) is 2. The molecular weight excluding hydrogens is 516 g/mol. The van der Waals surface area contributed by atoms with Crippen LogP contribution in [0.2, 0.25) is 5.02 Å². The summed E-state index contributed by atoms with van der Waals surface area (Å²) in [5.41, 5.74) is 0. The second kappa shape index (κ2) is 11.7. The van der Waals surface area contributed by atoms with E-state index < -0.39 is 22.1 Å². The zero-order valence-corrected chi connectivity index (χ0v) is 22.8. The van der Waals surface area contributed by atoms with Crippen LogP contribution in [0, 0.1) is 0 Å². The normalized spacial score (nSPS) is 22.4. The molecule has 0 saturated carbocycles. The van der Waals surface area contributed by atoms with Crippen molar-refractivity contribution in [3.8, 4) is 0 Å². The number of benzene rings is 2. The average Bonchev–Trinajstić information content (AvgIpc) is 3.21. The van der Waals surface area contributed by atoms with Gasteiger partial charge in [-0.05, 0) is 81.1 Å². The quantitative estimate of drug-likeness (QED) is 0.440. The summed E-state index contributed by atoms with van der Waals surface area (Å²) in [5.74, 6) is -0.521. The van der Waals surface area contributed by atoms with Crippen LogP contribution in [-0.2, 0) is 19.6 Å². The van der Waals surface area contributed by atoms with Crippen molar-refractivity contribution in [1.82, 2.24) is 19.8 Å². The Hall–Kier alpha value is -2.24. The molecule has 2 amide bonds. The molecule has 9 nitrogen and oxygen atoms in total. The second-order valence-electron chi connectivity index (χ2n) is 10.0. The van der Waals surface area contributed by atoms with Crippen LogP contribution < -0.4 is 10.0 Å². The molecule has 37 heavy (non-hydrogen) atoms. The SMILES string of the molecule is CC(O)CCNC1CCCN(C(=O)C(C)N2CCC(NS(=O)(=O)c3ccc4cc(Cl)ccc4c3)C2=O)C1. The molecule has 0 radical (unpaired) electrons. The fourth-order valence-electron chi connectivity index (χ4n) is 5.05. The van der Waals surface area contributed by atoms with Crippen molar-refractivity contribution in [2.75, 3.05) is 26.2 Å². The van der Waals surface area contributed by atoms with Gasteiger partial charge < -0.3 is 20.2 Å². The van der Waals surface area contributed by atoms with Crippen molar-refractivity contribution >= 4 is 44.2 Å². The summed E-state index contributed by atoms with van der Waals surface area (Å²) in [6.07, 6.45) is 2.38. The number of carbonyl (C=O) groups is 2. The number of nitrogens with one attached hydrogen (secondary N) is 2. The number of fused-ring (bicyclic) bond motifs is 1. The van der Waals surface area contributed by atoms with Gasteiger partial charge >= 0.3 is 0 Å². The number of hydrogen-bond acceptors (Lipinski definition) is 6. The summed E-state index contributed by atoms with van der Waals surface area (Å²) in [6.45, 7) is 5.61. The van der Waals surface area contributed by atoms with E-state index in [0.717, 1.165) is 23.6 Å². The first-order valence-electron chi connectivity index (χ1n) is 12.8. The van der Waals surface area contributed by atoms with Gasteiger partial charge in [0, 0.05) is 30.7 Å². The third-order valence-corrected chi connectivity index (χ3v) is 8.88. The van der Waals surface area contributed by atoms with Crippen molar-refractivity contribution in [2.45, 2.75) is 68.7 Å². The third-order valence-electron chi connectivity index (χ3n) is 7.17. The molecule has 2 saturated heterocycles. The topological polar surface area (TPSA) is 119 Å². The van der Waals surface area contributed by atoms with E-state index in [2.05, 4.69) is 10.0 Å². The lowest BCUT2D eigenvalue weighted by Crippen LogP contribution is -2.54. The van der Waals surface area contributed by atoms with E-state index in [9.17, 15) is 23.1 Å². The van der Waals surface area contributed by atoms with Crippen molar-refractivity contribution in [3.63, 3.8) is 0 Å². The fraction of sp³-hybridized carbons (Fsp3) is 0.538. The molecule has 2 heterocycles. The number of rotatable bonds is 9. The maximum absolute atomic E-state index is 13.2. The van der Waals surface area contributed by atoms with E-state index in [1.807, 2.05) is 0 Å². The molecule has 202 valence electrons. The van der Waals surface area contributed by atoms with E-state index in [1.165, 1.54) is 11.0 Å². The Morgan fingerprint density at radius 2 is 1.86 bits per heavy atom. The highest BCUT2D eigenvalue weighted by Crippen LogP contribution is 2.24. The van der Waals surface area contributed by atoms with E-state index in [4.69, 9.17) is 11.6 Å². The number of aliphatic hydroxyl groups excluding tert-OH is 1. The van der Waals surface area contributed by atoms with Crippen LogP contribution in [0.15, 0.2) is 41.3 Å². The lowest BCUT2D eigenvalue weighted by molar-refractivity contribution is -0.144. The standard InChI is InChI=1S/C26H35ClN4O5S/c1-17(32)9-11-28-22-4-3-12-30(16-22)25(33)18(2)31-13-10-24(26(31)34)29-37(35,36)23-8-6-19-14-21(27)7-5-20(19)15-23/h5-8,14-15,17-18,22,24,28-29,32H,3-4,9-13,16H2,1-2H3. The zero-order chi connectivity index (χ0) is 26.7. The van der Waals surface area contributed by atoms with Gasteiger partial charge in [0.15, 0.2) is 0 Å². The van der Waals surface area contributed by atoms with Crippen LogP contribution in [0.5, 0.6) is 0 Å². The molecule has 2 aromatic rings. The van der Waals surface area contributed by atoms with Crippen molar-refractivity contribution in [2.24, 2.45) is 0 Å². The Balaban J connectivity index is 1.37. The van der Waals surface area contributed by atoms with Crippen LogP contribution in [-0.4, -0.2) is 85.5 Å². The highest BCUT2D eigenvalue weighted by molar-refractivity contribution is 7.89.